The molecule has 5 nitrogen and oxygen atoms in total. The number of carbonyl (C=O) groups excluding carboxylic acids is 1. The molecule has 0 aliphatic heterocycles. The fraction of sp³-hybridized carbons (Fsp3) is 0.833. The summed E-state index contributed by atoms with van der Waals surface area (Å²) >= 11 is 0. The zero-order valence-electron chi connectivity index (χ0n) is 11.2. The van der Waals surface area contributed by atoms with Gasteiger partial charge < -0.3 is 19.2 Å². The molecule has 0 N–H and O–H groups in total. The van der Waals surface area contributed by atoms with Gasteiger partial charge in [-0.25, -0.2) is 11.4 Å². The molecule has 0 aliphatic rings. The molecule has 0 aromatic carbocycles. The number of amides is 1. The molecule has 0 aromatic rings. The van der Waals surface area contributed by atoms with Crippen LogP contribution in [-0.4, -0.2) is 49.9 Å². The molecule has 0 heterocycles. The maximum atomic E-state index is 11.5. The summed E-state index contributed by atoms with van der Waals surface area (Å²) in [5, 5.41) is 0. The van der Waals surface area contributed by atoms with Crippen LogP contribution in [0.4, 0.5) is 4.79 Å². The molecule has 0 saturated heterocycles. The molecule has 0 saturated carbocycles. The van der Waals surface area contributed by atoms with E-state index in [9.17, 15) is 4.79 Å². The van der Waals surface area contributed by atoms with Crippen molar-refractivity contribution in [2.24, 2.45) is 0 Å². The van der Waals surface area contributed by atoms with Crippen molar-refractivity contribution in [3.05, 3.63) is 11.4 Å². The lowest BCUT2D eigenvalue weighted by atomic mass is 10.2. The molecule has 0 aliphatic carbocycles. The van der Waals surface area contributed by atoms with E-state index in [-0.39, 0.29) is 6.09 Å². The normalized spacial score (nSPS) is 10.8. The molecule has 0 atom stereocenters. The van der Waals surface area contributed by atoms with Crippen LogP contribution in [0.15, 0.2) is 0 Å². The van der Waals surface area contributed by atoms with Crippen molar-refractivity contribution in [3.63, 3.8) is 0 Å². The second kappa shape index (κ2) is 7.91. The highest BCUT2D eigenvalue weighted by molar-refractivity contribution is 5.67. The standard InChI is InChI=1S/C12H22N2O3/c1-12(2,3)17-11(15)14(5)8-6-9-16-10-7-13-4/h6-10H2,1-3,5H3. The molecule has 98 valence electrons. The Bertz CT molecular complexity index is 266. The van der Waals surface area contributed by atoms with E-state index in [1.807, 2.05) is 20.8 Å². The number of rotatable bonds is 6. The smallest absolute Gasteiger partial charge is 0.410 e. The monoisotopic (exact) mass is 242 g/mol. The van der Waals surface area contributed by atoms with E-state index in [1.54, 1.807) is 7.05 Å². The fourth-order valence-electron chi connectivity index (χ4n) is 1.05. The molecule has 5 heteroatoms. The molecule has 0 rings (SSSR count). The van der Waals surface area contributed by atoms with Crippen molar-refractivity contribution in [1.82, 2.24) is 4.90 Å². The average Bonchev–Trinajstić information content (AvgIpc) is 2.20. The molecule has 1 amide bonds. The fourth-order valence-corrected chi connectivity index (χ4v) is 1.05. The van der Waals surface area contributed by atoms with Gasteiger partial charge in [-0.2, -0.15) is 0 Å². The minimum absolute atomic E-state index is 0.321. The molecule has 0 spiro atoms. The summed E-state index contributed by atoms with van der Waals surface area (Å²) in [7, 11) is 1.70. The predicted molar refractivity (Wildman–Crippen MR) is 65.8 cm³/mol. The van der Waals surface area contributed by atoms with Crippen molar-refractivity contribution in [2.75, 3.05) is 33.4 Å². The van der Waals surface area contributed by atoms with E-state index in [1.165, 1.54) is 4.90 Å². The first-order chi connectivity index (χ1) is 7.87. The summed E-state index contributed by atoms with van der Waals surface area (Å²) in [5.74, 6) is 0. The SMILES string of the molecule is [C-]#[N+]CCOCCCN(C)C(=O)OC(C)(C)C. The number of hydrogen-bond acceptors (Lipinski definition) is 3. The Hall–Kier alpha value is -1.28. The zero-order valence-corrected chi connectivity index (χ0v) is 11.2. The highest BCUT2D eigenvalue weighted by Gasteiger charge is 2.18. The summed E-state index contributed by atoms with van der Waals surface area (Å²) in [5.41, 5.74) is -0.461. The maximum Gasteiger partial charge on any atom is 0.410 e. The minimum atomic E-state index is -0.461. The molecule has 17 heavy (non-hydrogen) atoms. The molecule has 0 bridgehead atoms. The lowest BCUT2D eigenvalue weighted by Crippen LogP contribution is -2.35. The zero-order chi connectivity index (χ0) is 13.3. The Kier molecular flexibility index (Phi) is 7.31. The second-order valence-electron chi connectivity index (χ2n) is 4.75. The summed E-state index contributed by atoms with van der Waals surface area (Å²) in [6, 6.07) is 0. The van der Waals surface area contributed by atoms with E-state index < -0.39 is 5.60 Å². The molecular formula is C12H22N2O3. The number of ether oxygens (including phenoxy) is 2. The van der Waals surface area contributed by atoms with Crippen molar-refractivity contribution >= 4 is 6.09 Å². The van der Waals surface area contributed by atoms with Crippen LogP contribution in [0.1, 0.15) is 27.2 Å². The van der Waals surface area contributed by atoms with Gasteiger partial charge >= 0.3 is 6.09 Å². The van der Waals surface area contributed by atoms with E-state index in [0.29, 0.717) is 26.3 Å². The van der Waals surface area contributed by atoms with Crippen LogP contribution in [0.3, 0.4) is 0 Å². The lowest BCUT2D eigenvalue weighted by Gasteiger charge is -2.24. The molecule has 0 aromatic heterocycles. The van der Waals surface area contributed by atoms with Gasteiger partial charge in [0.1, 0.15) is 12.2 Å². The largest absolute Gasteiger partial charge is 0.444 e. The molecule has 0 radical (unpaired) electrons. The van der Waals surface area contributed by atoms with Gasteiger partial charge in [0.05, 0.1) is 0 Å². The van der Waals surface area contributed by atoms with Crippen LogP contribution in [0.2, 0.25) is 0 Å². The Labute approximate surface area is 104 Å². The Balaban J connectivity index is 3.62. The van der Waals surface area contributed by atoms with Gasteiger partial charge in [-0.05, 0) is 27.2 Å². The van der Waals surface area contributed by atoms with Crippen molar-refractivity contribution in [2.45, 2.75) is 32.8 Å². The average molecular weight is 242 g/mol. The van der Waals surface area contributed by atoms with Gasteiger partial charge in [0, 0.05) is 20.2 Å². The maximum absolute atomic E-state index is 11.5. The van der Waals surface area contributed by atoms with Gasteiger partial charge in [0.15, 0.2) is 0 Å². The van der Waals surface area contributed by atoms with Crippen LogP contribution >= 0.6 is 0 Å². The first kappa shape index (κ1) is 15.7. The van der Waals surface area contributed by atoms with Gasteiger partial charge in [0.25, 0.3) is 0 Å². The van der Waals surface area contributed by atoms with Crippen molar-refractivity contribution in [1.29, 1.82) is 0 Å². The summed E-state index contributed by atoms with van der Waals surface area (Å²) < 4.78 is 10.4. The van der Waals surface area contributed by atoms with Crippen LogP contribution in [0, 0.1) is 6.57 Å². The van der Waals surface area contributed by atoms with Crippen LogP contribution in [0.5, 0.6) is 0 Å². The number of carbonyl (C=O) groups is 1. The Morgan fingerprint density at radius 3 is 2.53 bits per heavy atom. The molecule has 0 unspecified atom stereocenters. The van der Waals surface area contributed by atoms with Gasteiger partial charge in [-0.1, -0.05) is 0 Å². The first-order valence-corrected chi connectivity index (χ1v) is 5.72. The van der Waals surface area contributed by atoms with E-state index in [2.05, 4.69) is 4.85 Å². The van der Waals surface area contributed by atoms with Crippen molar-refractivity contribution < 1.29 is 14.3 Å². The third-order valence-corrected chi connectivity index (χ3v) is 1.83. The second-order valence-corrected chi connectivity index (χ2v) is 4.75. The third kappa shape index (κ3) is 9.64. The highest BCUT2D eigenvalue weighted by atomic mass is 16.6. The van der Waals surface area contributed by atoms with Crippen LogP contribution < -0.4 is 0 Å². The van der Waals surface area contributed by atoms with Crippen LogP contribution in [-0.2, 0) is 9.47 Å². The summed E-state index contributed by atoms with van der Waals surface area (Å²) in [6.07, 6.45) is 0.423. The van der Waals surface area contributed by atoms with Crippen LogP contribution in [0.25, 0.3) is 4.85 Å². The first-order valence-electron chi connectivity index (χ1n) is 5.72. The Morgan fingerprint density at radius 2 is 2.00 bits per heavy atom. The molecular weight excluding hydrogens is 220 g/mol. The van der Waals surface area contributed by atoms with Gasteiger partial charge in [0.2, 0.25) is 6.54 Å². The van der Waals surface area contributed by atoms with Crippen molar-refractivity contribution in [3.8, 4) is 0 Å². The van der Waals surface area contributed by atoms with E-state index >= 15 is 0 Å². The van der Waals surface area contributed by atoms with Gasteiger partial charge in [-0.15, -0.1) is 0 Å². The summed E-state index contributed by atoms with van der Waals surface area (Å²) in [4.78, 5) is 16.3. The minimum Gasteiger partial charge on any atom is -0.444 e. The van der Waals surface area contributed by atoms with E-state index in [0.717, 1.165) is 6.42 Å². The Morgan fingerprint density at radius 1 is 1.35 bits per heavy atom. The molecule has 0 fully saturated rings. The van der Waals surface area contributed by atoms with E-state index in [4.69, 9.17) is 16.0 Å². The quantitative estimate of drug-likeness (QED) is 0.529. The topological polar surface area (TPSA) is 43.1 Å². The number of hydrogen-bond donors (Lipinski definition) is 0. The summed E-state index contributed by atoms with van der Waals surface area (Å²) in [6.45, 7) is 14.1. The van der Waals surface area contributed by atoms with Gasteiger partial charge in [-0.3, -0.25) is 0 Å². The number of nitrogens with zero attached hydrogens (tertiary/aromatic N) is 2. The third-order valence-electron chi connectivity index (χ3n) is 1.83. The lowest BCUT2D eigenvalue weighted by molar-refractivity contribution is 0.0281. The predicted octanol–water partition coefficient (Wildman–Crippen LogP) is 2.18. The highest BCUT2D eigenvalue weighted by Crippen LogP contribution is 2.09.